The minimum Gasteiger partial charge on any atom is -0.497 e. The quantitative estimate of drug-likeness (QED) is 0.374. The van der Waals surface area contributed by atoms with Crippen LogP contribution in [0.1, 0.15) is 39.4 Å². The molecule has 0 fully saturated rings. The molecule has 184 valence electrons. The number of ether oxygens (including phenoxy) is 2. The fourth-order valence-electron chi connectivity index (χ4n) is 3.82. The summed E-state index contributed by atoms with van der Waals surface area (Å²) < 4.78 is 10.5. The van der Waals surface area contributed by atoms with Gasteiger partial charge in [-0.2, -0.15) is 0 Å². The third-order valence-electron chi connectivity index (χ3n) is 5.23. The van der Waals surface area contributed by atoms with E-state index in [0.29, 0.717) is 54.4 Å². The first-order valence-corrected chi connectivity index (χ1v) is 12.4. The maximum Gasteiger partial charge on any atom is 0.305 e. The molecule has 1 aromatic carbocycles. The second-order valence-electron chi connectivity index (χ2n) is 8.75. The molecule has 3 aromatic rings. The summed E-state index contributed by atoms with van der Waals surface area (Å²) in [6.07, 6.45) is 0.223. The summed E-state index contributed by atoms with van der Waals surface area (Å²) in [5, 5.41) is 12.9. The van der Waals surface area contributed by atoms with E-state index in [1.165, 1.54) is 11.3 Å². The minimum atomic E-state index is -0.823. The Morgan fingerprint density at radius 2 is 2.09 bits per heavy atom. The van der Waals surface area contributed by atoms with Crippen LogP contribution in [0.25, 0.3) is 21.3 Å². The zero-order valence-electron chi connectivity index (χ0n) is 20.2. The molecule has 0 saturated heterocycles. The van der Waals surface area contributed by atoms with Gasteiger partial charge in [0.2, 0.25) is 0 Å². The first-order chi connectivity index (χ1) is 16.3. The van der Waals surface area contributed by atoms with Crippen LogP contribution in [0.3, 0.4) is 0 Å². The van der Waals surface area contributed by atoms with Gasteiger partial charge in [0.05, 0.1) is 19.0 Å². The molecule has 0 bridgehead atoms. The lowest BCUT2D eigenvalue weighted by molar-refractivity contribution is -0.147. The predicted octanol–water partition coefficient (Wildman–Crippen LogP) is 3.82. The van der Waals surface area contributed by atoms with Crippen LogP contribution in [0, 0.1) is 5.92 Å². The van der Waals surface area contributed by atoms with E-state index in [-0.39, 0.29) is 18.1 Å². The second-order valence-corrected chi connectivity index (χ2v) is 9.61. The van der Waals surface area contributed by atoms with Crippen molar-refractivity contribution in [1.29, 1.82) is 0 Å². The number of fused-ring (bicyclic) bond motifs is 1. The van der Waals surface area contributed by atoms with E-state index in [0.717, 1.165) is 16.9 Å². The average Bonchev–Trinajstić information content (AvgIpc) is 3.22. The fraction of sp³-hybridized carbons (Fsp3) is 0.480. The Kier molecular flexibility index (Phi) is 9.20. The van der Waals surface area contributed by atoms with Gasteiger partial charge in [0.25, 0.3) is 5.56 Å². The smallest absolute Gasteiger partial charge is 0.305 e. The van der Waals surface area contributed by atoms with E-state index in [4.69, 9.17) is 14.5 Å². The number of rotatable bonds is 12. The molecule has 0 spiro atoms. The molecule has 3 rings (SSSR count). The lowest BCUT2D eigenvalue weighted by Gasteiger charge is -2.26. The number of H-pyrrole nitrogens is 1. The molecule has 2 heterocycles. The number of methoxy groups -OCH3 is 1. The first kappa shape index (κ1) is 25.9. The van der Waals surface area contributed by atoms with Crippen LogP contribution in [0.5, 0.6) is 5.75 Å². The monoisotopic (exact) mass is 487 g/mol. The molecule has 0 aliphatic carbocycles. The number of carbonyl (C=O) groups excluding carboxylic acids is 1. The normalized spacial score (nSPS) is 12.4. The van der Waals surface area contributed by atoms with Gasteiger partial charge < -0.3 is 19.6 Å². The Labute approximate surface area is 203 Å². The van der Waals surface area contributed by atoms with Crippen LogP contribution in [-0.4, -0.2) is 58.9 Å². The lowest BCUT2D eigenvalue weighted by Crippen LogP contribution is -2.38. The number of carbonyl (C=O) groups is 1. The molecule has 0 aliphatic heterocycles. The summed E-state index contributed by atoms with van der Waals surface area (Å²) in [6.45, 7) is 7.39. The van der Waals surface area contributed by atoms with Crippen molar-refractivity contribution in [2.45, 2.75) is 46.3 Å². The van der Waals surface area contributed by atoms with E-state index in [1.807, 2.05) is 41.5 Å². The summed E-state index contributed by atoms with van der Waals surface area (Å²) in [7, 11) is 1.61. The van der Waals surface area contributed by atoms with Crippen molar-refractivity contribution in [2.75, 3.05) is 26.8 Å². The number of aromatic amines is 1. The number of esters is 1. The Balaban J connectivity index is 1.78. The van der Waals surface area contributed by atoms with E-state index >= 15 is 0 Å². The number of hydrogen-bond donors (Lipinski definition) is 2. The van der Waals surface area contributed by atoms with Gasteiger partial charge in [0.15, 0.2) is 0 Å². The maximum atomic E-state index is 13.0. The minimum absolute atomic E-state index is 0.0504. The van der Waals surface area contributed by atoms with Crippen molar-refractivity contribution < 1.29 is 19.4 Å². The van der Waals surface area contributed by atoms with Gasteiger partial charge in [-0.05, 0) is 30.0 Å². The number of aliphatic hydroxyl groups excluding tert-OH is 1. The topological polar surface area (TPSA) is 105 Å². The Morgan fingerprint density at radius 1 is 1.29 bits per heavy atom. The molecule has 9 heteroatoms. The highest BCUT2D eigenvalue weighted by Crippen LogP contribution is 2.32. The van der Waals surface area contributed by atoms with Crippen LogP contribution in [0.2, 0.25) is 0 Å². The van der Waals surface area contributed by atoms with Crippen molar-refractivity contribution in [2.24, 2.45) is 5.92 Å². The van der Waals surface area contributed by atoms with Gasteiger partial charge >= 0.3 is 5.97 Å². The third-order valence-corrected chi connectivity index (χ3v) is 6.10. The molecule has 0 aliphatic rings. The first-order valence-electron chi connectivity index (χ1n) is 11.5. The Hall–Kier alpha value is -2.75. The van der Waals surface area contributed by atoms with Gasteiger partial charge in [-0.3, -0.25) is 14.5 Å². The van der Waals surface area contributed by atoms with E-state index in [1.54, 1.807) is 7.11 Å². The summed E-state index contributed by atoms with van der Waals surface area (Å²) in [6, 6.07) is 7.59. The maximum absolute atomic E-state index is 13.0. The van der Waals surface area contributed by atoms with Crippen molar-refractivity contribution in [3.8, 4) is 16.9 Å². The number of nitrogens with one attached hydrogen (secondary N) is 1. The van der Waals surface area contributed by atoms with Crippen molar-refractivity contribution in [1.82, 2.24) is 14.9 Å². The molecule has 1 unspecified atom stereocenters. The van der Waals surface area contributed by atoms with Crippen LogP contribution in [0.15, 0.2) is 34.4 Å². The highest BCUT2D eigenvalue weighted by molar-refractivity contribution is 7.17. The van der Waals surface area contributed by atoms with Gasteiger partial charge in [-0.25, -0.2) is 4.98 Å². The van der Waals surface area contributed by atoms with E-state index in [9.17, 15) is 14.7 Å². The number of hydrogen-bond acceptors (Lipinski definition) is 8. The standard InChI is InChI=1S/C25H33N3O5S/c1-5-7-22(30)33-14-18(29)12-28(11-16(2)3)13-21-26-24(31)23-20(15-34-25(23)27-21)17-8-6-9-19(10-17)32-4/h6,8-10,15-16,18,29H,5,7,11-14H2,1-4H3,(H,26,27,31). The van der Waals surface area contributed by atoms with E-state index in [2.05, 4.69) is 18.8 Å². The van der Waals surface area contributed by atoms with E-state index < -0.39 is 6.10 Å². The van der Waals surface area contributed by atoms with Crippen LogP contribution < -0.4 is 10.3 Å². The molecular weight excluding hydrogens is 454 g/mol. The highest BCUT2D eigenvalue weighted by Gasteiger charge is 2.18. The molecule has 2 N–H and O–H groups in total. The second kappa shape index (κ2) is 12.1. The molecule has 0 radical (unpaired) electrons. The molecule has 1 atom stereocenters. The number of aromatic nitrogens is 2. The number of nitrogens with zero attached hydrogens (tertiary/aromatic N) is 2. The van der Waals surface area contributed by atoms with Crippen LogP contribution >= 0.6 is 11.3 Å². The fourth-order valence-corrected chi connectivity index (χ4v) is 4.79. The summed E-state index contributed by atoms with van der Waals surface area (Å²) in [5.41, 5.74) is 1.52. The number of benzene rings is 1. The van der Waals surface area contributed by atoms with Crippen molar-refractivity contribution >= 4 is 27.5 Å². The van der Waals surface area contributed by atoms with Crippen LogP contribution in [0.4, 0.5) is 0 Å². The molecule has 8 nitrogen and oxygen atoms in total. The largest absolute Gasteiger partial charge is 0.497 e. The Morgan fingerprint density at radius 3 is 2.79 bits per heavy atom. The lowest BCUT2D eigenvalue weighted by atomic mass is 10.1. The zero-order chi connectivity index (χ0) is 24.7. The molecule has 0 amide bonds. The SMILES string of the molecule is CCCC(=O)OCC(O)CN(Cc1nc2scc(-c3cccc(OC)c3)c2c(=O)[nH]1)CC(C)C. The molecule has 34 heavy (non-hydrogen) atoms. The summed E-state index contributed by atoms with van der Waals surface area (Å²) in [5.74, 6) is 1.29. The molecule has 2 aromatic heterocycles. The highest BCUT2D eigenvalue weighted by atomic mass is 32.1. The van der Waals surface area contributed by atoms with Gasteiger partial charge in [0.1, 0.15) is 29.1 Å². The van der Waals surface area contributed by atoms with Crippen molar-refractivity contribution in [3.63, 3.8) is 0 Å². The Bertz CT molecular complexity index is 1160. The van der Waals surface area contributed by atoms with Gasteiger partial charge in [-0.1, -0.05) is 32.9 Å². The van der Waals surface area contributed by atoms with Gasteiger partial charge in [-0.15, -0.1) is 11.3 Å². The van der Waals surface area contributed by atoms with Gasteiger partial charge in [0, 0.05) is 30.5 Å². The third kappa shape index (κ3) is 6.88. The number of aliphatic hydroxyl groups is 1. The summed E-state index contributed by atoms with van der Waals surface area (Å²) in [4.78, 5) is 34.9. The molecule has 0 saturated carbocycles. The van der Waals surface area contributed by atoms with Crippen molar-refractivity contribution in [3.05, 3.63) is 45.8 Å². The van der Waals surface area contributed by atoms with Crippen LogP contribution in [-0.2, 0) is 16.1 Å². The molecular formula is C25H33N3O5S. The predicted molar refractivity (Wildman–Crippen MR) is 134 cm³/mol. The summed E-state index contributed by atoms with van der Waals surface area (Å²) >= 11 is 1.42. The number of thiophene rings is 1. The zero-order valence-corrected chi connectivity index (χ0v) is 21.0. The average molecular weight is 488 g/mol.